The van der Waals surface area contributed by atoms with Crippen LogP contribution in [0.2, 0.25) is 0 Å². The van der Waals surface area contributed by atoms with Crippen LogP contribution in [0.5, 0.6) is 0 Å². The van der Waals surface area contributed by atoms with E-state index in [2.05, 4.69) is 10.0 Å². The van der Waals surface area contributed by atoms with Crippen molar-refractivity contribution >= 4 is 39.1 Å². The van der Waals surface area contributed by atoms with Crippen molar-refractivity contribution in [3.8, 4) is 0 Å². The fourth-order valence-electron chi connectivity index (χ4n) is 2.87. The summed E-state index contributed by atoms with van der Waals surface area (Å²) in [4.78, 5) is 13.7. The van der Waals surface area contributed by atoms with Gasteiger partial charge in [-0.25, -0.2) is 8.42 Å². The predicted octanol–water partition coefficient (Wildman–Crippen LogP) is 5.47. The van der Waals surface area contributed by atoms with E-state index >= 15 is 0 Å². The molecule has 3 aromatic carbocycles. The number of aryl methyl sites for hydroxylation is 2. The van der Waals surface area contributed by atoms with Crippen LogP contribution in [0.3, 0.4) is 0 Å². The first kappa shape index (κ1) is 21.9. The van der Waals surface area contributed by atoms with Crippen molar-refractivity contribution in [3.63, 3.8) is 0 Å². The molecule has 0 heterocycles. The summed E-state index contributed by atoms with van der Waals surface area (Å²) in [5.74, 6) is 0.639. The molecule has 0 saturated heterocycles. The van der Waals surface area contributed by atoms with Gasteiger partial charge in [-0.3, -0.25) is 9.52 Å². The Kier molecular flexibility index (Phi) is 6.84. The van der Waals surface area contributed by atoms with Gasteiger partial charge < -0.3 is 5.32 Å². The van der Waals surface area contributed by atoms with Crippen LogP contribution in [0.1, 0.15) is 28.4 Å². The quantitative estimate of drug-likeness (QED) is 0.478. The molecule has 0 saturated carbocycles. The van der Waals surface area contributed by atoms with Crippen LogP contribution < -0.4 is 10.0 Å². The van der Waals surface area contributed by atoms with Gasteiger partial charge in [-0.1, -0.05) is 25.1 Å². The lowest BCUT2D eigenvalue weighted by atomic mass is 10.1. The molecule has 3 rings (SSSR count). The Hall–Kier alpha value is -2.77. The lowest BCUT2D eigenvalue weighted by Crippen LogP contribution is -2.14. The molecule has 0 aromatic heterocycles. The van der Waals surface area contributed by atoms with Gasteiger partial charge in [0.15, 0.2) is 0 Å². The third-order valence-electron chi connectivity index (χ3n) is 4.61. The number of thioether (sulfide) groups is 1. The van der Waals surface area contributed by atoms with Crippen LogP contribution in [0.4, 0.5) is 11.4 Å². The van der Waals surface area contributed by atoms with E-state index in [0.717, 1.165) is 21.8 Å². The second-order valence-corrected chi connectivity index (χ2v) is 9.80. The molecule has 30 heavy (non-hydrogen) atoms. The van der Waals surface area contributed by atoms with Crippen molar-refractivity contribution in [1.29, 1.82) is 0 Å². The molecular weight excluding hydrogens is 416 g/mol. The minimum absolute atomic E-state index is 0.126. The lowest BCUT2D eigenvalue weighted by Gasteiger charge is -2.12. The van der Waals surface area contributed by atoms with Gasteiger partial charge in [-0.15, -0.1) is 11.8 Å². The highest BCUT2D eigenvalue weighted by Gasteiger charge is 2.16. The number of carbonyl (C=O) groups excluding carboxylic acids is 1. The van der Waals surface area contributed by atoms with Crippen molar-refractivity contribution in [3.05, 3.63) is 83.4 Å². The van der Waals surface area contributed by atoms with Gasteiger partial charge >= 0.3 is 0 Å². The van der Waals surface area contributed by atoms with Crippen LogP contribution in [0.15, 0.2) is 76.5 Å². The van der Waals surface area contributed by atoms with Gasteiger partial charge in [0.25, 0.3) is 15.9 Å². The normalized spacial score (nSPS) is 11.2. The Morgan fingerprint density at radius 1 is 0.900 bits per heavy atom. The highest BCUT2D eigenvalue weighted by Crippen LogP contribution is 2.24. The largest absolute Gasteiger partial charge is 0.322 e. The van der Waals surface area contributed by atoms with Crippen LogP contribution in [0.25, 0.3) is 0 Å². The first-order chi connectivity index (χ1) is 14.3. The van der Waals surface area contributed by atoms with Gasteiger partial charge in [-0.2, -0.15) is 0 Å². The Morgan fingerprint density at radius 2 is 1.57 bits per heavy atom. The van der Waals surface area contributed by atoms with E-state index in [9.17, 15) is 13.2 Å². The minimum atomic E-state index is -3.72. The standard InChI is InChI=1S/C23H24N2O3S2/c1-4-29-22-8-6-5-7-21(22)23(26)24-18-11-13-20(14-12-18)30(27,28)25-19-10-9-16(2)17(3)15-19/h5-15,25H,4H2,1-3H3,(H,24,26). The summed E-state index contributed by atoms with van der Waals surface area (Å²) in [5, 5.41) is 2.83. The fraction of sp³-hybridized carbons (Fsp3) is 0.174. The molecule has 5 nitrogen and oxygen atoms in total. The monoisotopic (exact) mass is 440 g/mol. The summed E-state index contributed by atoms with van der Waals surface area (Å²) in [6.07, 6.45) is 0. The second-order valence-electron chi connectivity index (χ2n) is 6.81. The lowest BCUT2D eigenvalue weighted by molar-refractivity contribution is 0.102. The molecule has 0 aliphatic rings. The first-order valence-corrected chi connectivity index (χ1v) is 12.0. The molecule has 0 radical (unpaired) electrons. The number of nitrogens with one attached hydrogen (secondary N) is 2. The average Bonchev–Trinajstić information content (AvgIpc) is 2.71. The molecule has 0 fully saturated rings. The smallest absolute Gasteiger partial charge is 0.261 e. The van der Waals surface area contributed by atoms with Crippen molar-refractivity contribution in [2.24, 2.45) is 0 Å². The molecule has 0 bridgehead atoms. The molecule has 1 amide bonds. The molecule has 0 aliphatic heterocycles. The van der Waals surface area contributed by atoms with E-state index in [1.54, 1.807) is 42.1 Å². The predicted molar refractivity (Wildman–Crippen MR) is 124 cm³/mol. The zero-order valence-electron chi connectivity index (χ0n) is 17.1. The third-order valence-corrected chi connectivity index (χ3v) is 6.97. The highest BCUT2D eigenvalue weighted by atomic mass is 32.2. The Labute approximate surface area is 182 Å². The van der Waals surface area contributed by atoms with Gasteiger partial charge in [0.2, 0.25) is 0 Å². The molecule has 156 valence electrons. The fourth-order valence-corrected chi connectivity index (χ4v) is 4.72. The number of sulfonamides is 1. The summed E-state index contributed by atoms with van der Waals surface area (Å²) in [5.41, 5.74) is 3.74. The zero-order chi connectivity index (χ0) is 21.7. The number of rotatable bonds is 7. The maximum atomic E-state index is 12.7. The molecule has 0 atom stereocenters. The molecule has 7 heteroatoms. The topological polar surface area (TPSA) is 75.3 Å². The van der Waals surface area contributed by atoms with Crippen molar-refractivity contribution < 1.29 is 13.2 Å². The number of benzene rings is 3. The Bertz CT molecular complexity index is 1160. The molecule has 0 spiro atoms. The number of amides is 1. The summed E-state index contributed by atoms with van der Waals surface area (Å²) >= 11 is 1.60. The van der Waals surface area contributed by atoms with Crippen LogP contribution in [0, 0.1) is 13.8 Å². The van der Waals surface area contributed by atoms with E-state index in [-0.39, 0.29) is 10.8 Å². The molecular formula is C23H24N2O3S2. The van der Waals surface area contributed by atoms with Crippen molar-refractivity contribution in [1.82, 2.24) is 0 Å². The Balaban J connectivity index is 1.74. The number of hydrogen-bond acceptors (Lipinski definition) is 4. The highest BCUT2D eigenvalue weighted by molar-refractivity contribution is 7.99. The van der Waals surface area contributed by atoms with Crippen molar-refractivity contribution in [2.45, 2.75) is 30.6 Å². The zero-order valence-corrected chi connectivity index (χ0v) is 18.7. The van der Waals surface area contributed by atoms with Gasteiger partial charge in [-0.05, 0) is 79.3 Å². The molecule has 2 N–H and O–H groups in total. The van der Waals surface area contributed by atoms with Crippen LogP contribution in [-0.2, 0) is 10.0 Å². The first-order valence-electron chi connectivity index (χ1n) is 9.53. The van der Waals surface area contributed by atoms with Crippen LogP contribution in [-0.4, -0.2) is 20.1 Å². The van der Waals surface area contributed by atoms with Crippen LogP contribution >= 0.6 is 11.8 Å². The Morgan fingerprint density at radius 3 is 2.23 bits per heavy atom. The molecule has 0 aliphatic carbocycles. The van der Waals surface area contributed by atoms with Gasteiger partial charge in [0.05, 0.1) is 10.5 Å². The second kappa shape index (κ2) is 9.36. The van der Waals surface area contributed by atoms with Crippen molar-refractivity contribution in [2.75, 3.05) is 15.8 Å². The van der Waals surface area contributed by atoms with Gasteiger partial charge in [0.1, 0.15) is 0 Å². The number of anilines is 2. The summed E-state index contributed by atoms with van der Waals surface area (Å²) in [6.45, 7) is 5.94. The van der Waals surface area contributed by atoms with Gasteiger partial charge in [0, 0.05) is 16.3 Å². The SMILES string of the molecule is CCSc1ccccc1C(=O)Nc1ccc(S(=O)(=O)Nc2ccc(C)c(C)c2)cc1. The number of hydrogen-bond donors (Lipinski definition) is 2. The van der Waals surface area contributed by atoms with E-state index in [1.165, 1.54) is 12.1 Å². The van der Waals surface area contributed by atoms with E-state index in [4.69, 9.17) is 0 Å². The minimum Gasteiger partial charge on any atom is -0.322 e. The maximum absolute atomic E-state index is 12.7. The van der Waals surface area contributed by atoms with E-state index < -0.39 is 10.0 Å². The summed E-state index contributed by atoms with van der Waals surface area (Å²) in [6, 6.07) is 19.0. The summed E-state index contributed by atoms with van der Waals surface area (Å²) < 4.78 is 27.9. The summed E-state index contributed by atoms with van der Waals surface area (Å²) in [7, 11) is -3.72. The third kappa shape index (κ3) is 5.23. The maximum Gasteiger partial charge on any atom is 0.261 e. The van der Waals surface area contributed by atoms with E-state index in [0.29, 0.717) is 16.9 Å². The molecule has 3 aromatic rings. The molecule has 0 unspecified atom stereocenters. The number of carbonyl (C=O) groups is 1. The average molecular weight is 441 g/mol. The van der Waals surface area contributed by atoms with E-state index in [1.807, 2.05) is 45.0 Å².